The van der Waals surface area contributed by atoms with Crippen molar-refractivity contribution in [3.63, 3.8) is 0 Å². The molecule has 1 aromatic rings. The lowest BCUT2D eigenvalue weighted by molar-refractivity contribution is -0.122. The van der Waals surface area contributed by atoms with E-state index in [2.05, 4.69) is 20.9 Å². The van der Waals surface area contributed by atoms with Crippen molar-refractivity contribution in [3.8, 4) is 0 Å². The van der Waals surface area contributed by atoms with Crippen LogP contribution in [0.3, 0.4) is 0 Å². The Bertz CT molecular complexity index is 521. The molecular formula is C18H29ClN4O2. The summed E-state index contributed by atoms with van der Waals surface area (Å²) in [5, 5.41) is 9.15. The minimum absolute atomic E-state index is 0. The topological polar surface area (TPSA) is 73.5 Å². The van der Waals surface area contributed by atoms with E-state index in [9.17, 15) is 9.59 Å². The molecular weight excluding hydrogens is 340 g/mol. The van der Waals surface area contributed by atoms with Gasteiger partial charge >= 0.3 is 0 Å². The van der Waals surface area contributed by atoms with Gasteiger partial charge in [0.05, 0.1) is 12.5 Å². The van der Waals surface area contributed by atoms with E-state index >= 15 is 0 Å². The Hall–Kier alpha value is -1.63. The highest BCUT2D eigenvalue weighted by atomic mass is 35.5. The van der Waals surface area contributed by atoms with Crippen molar-refractivity contribution in [1.29, 1.82) is 0 Å². The number of hydrogen-bond acceptors (Lipinski definition) is 4. The summed E-state index contributed by atoms with van der Waals surface area (Å²) in [7, 11) is 0. The zero-order chi connectivity index (χ0) is 17.2. The van der Waals surface area contributed by atoms with Crippen molar-refractivity contribution in [2.75, 3.05) is 39.3 Å². The minimum Gasteiger partial charge on any atom is -0.356 e. The Labute approximate surface area is 156 Å². The predicted molar refractivity (Wildman–Crippen MR) is 102 cm³/mol. The largest absolute Gasteiger partial charge is 0.356 e. The van der Waals surface area contributed by atoms with Crippen molar-refractivity contribution in [1.82, 2.24) is 20.9 Å². The van der Waals surface area contributed by atoms with Crippen molar-refractivity contribution in [2.45, 2.75) is 25.8 Å². The van der Waals surface area contributed by atoms with Gasteiger partial charge in [-0.25, -0.2) is 0 Å². The molecule has 2 amide bonds. The van der Waals surface area contributed by atoms with E-state index in [0.29, 0.717) is 6.54 Å². The Morgan fingerprint density at radius 3 is 2.52 bits per heavy atom. The van der Waals surface area contributed by atoms with Crippen LogP contribution in [0.2, 0.25) is 0 Å². The number of nitrogens with zero attached hydrogens (tertiary/aromatic N) is 1. The van der Waals surface area contributed by atoms with E-state index < -0.39 is 0 Å². The first kappa shape index (κ1) is 21.4. The second kappa shape index (κ2) is 11.8. The molecule has 1 aromatic carbocycles. The van der Waals surface area contributed by atoms with Crippen LogP contribution in [0.25, 0.3) is 0 Å². The second-order valence-electron chi connectivity index (χ2n) is 6.16. The average Bonchev–Trinajstić information content (AvgIpc) is 2.59. The molecule has 1 saturated heterocycles. The first-order valence-electron chi connectivity index (χ1n) is 8.67. The van der Waals surface area contributed by atoms with E-state index in [1.165, 1.54) is 6.92 Å². The van der Waals surface area contributed by atoms with Gasteiger partial charge in [-0.3, -0.25) is 9.59 Å². The summed E-state index contributed by atoms with van der Waals surface area (Å²) in [6, 6.07) is 9.32. The van der Waals surface area contributed by atoms with Crippen LogP contribution < -0.4 is 16.0 Å². The zero-order valence-corrected chi connectivity index (χ0v) is 15.6. The second-order valence-corrected chi connectivity index (χ2v) is 6.16. The molecule has 0 radical (unpaired) electrons. The van der Waals surface area contributed by atoms with Gasteiger partial charge in [-0.1, -0.05) is 30.3 Å². The first-order chi connectivity index (χ1) is 11.6. The number of piperazine rings is 1. The number of nitrogens with one attached hydrogen (secondary N) is 3. The first-order valence-corrected chi connectivity index (χ1v) is 8.67. The Kier molecular flexibility index (Phi) is 10.1. The minimum atomic E-state index is -0.281. The molecule has 1 aliphatic rings. The van der Waals surface area contributed by atoms with E-state index in [1.54, 1.807) is 0 Å². The van der Waals surface area contributed by atoms with Gasteiger partial charge in [-0.15, -0.1) is 12.4 Å². The molecule has 1 aliphatic heterocycles. The van der Waals surface area contributed by atoms with Gasteiger partial charge in [0.2, 0.25) is 11.8 Å². The van der Waals surface area contributed by atoms with Gasteiger partial charge in [0.1, 0.15) is 0 Å². The smallest absolute Gasteiger partial charge is 0.222 e. The third-order valence-corrected chi connectivity index (χ3v) is 4.15. The van der Waals surface area contributed by atoms with E-state index in [1.807, 2.05) is 30.3 Å². The molecule has 1 fully saturated rings. The standard InChI is InChI=1S/C18H28N4O2.ClH/c1-15(23)21-17(16-6-3-2-4-7-16)14-18(24)20-8-5-11-22-12-9-19-10-13-22;/h2-4,6-7,17,19H,5,8-14H2,1H3,(H,20,24)(H,21,23);1H. The van der Waals surface area contributed by atoms with Crippen molar-refractivity contribution < 1.29 is 9.59 Å². The number of rotatable bonds is 8. The van der Waals surface area contributed by atoms with Crippen LogP contribution in [0.5, 0.6) is 0 Å². The molecule has 1 atom stereocenters. The third-order valence-electron chi connectivity index (χ3n) is 4.15. The number of amides is 2. The SMILES string of the molecule is CC(=O)NC(CC(=O)NCCCN1CCNCC1)c1ccccc1.Cl. The summed E-state index contributed by atoms with van der Waals surface area (Å²) >= 11 is 0. The summed E-state index contributed by atoms with van der Waals surface area (Å²) in [4.78, 5) is 26.0. The molecule has 0 bridgehead atoms. The van der Waals surface area contributed by atoms with Gasteiger partial charge in [0.25, 0.3) is 0 Å². The van der Waals surface area contributed by atoms with Crippen LogP contribution in [-0.2, 0) is 9.59 Å². The lowest BCUT2D eigenvalue weighted by Crippen LogP contribution is -2.44. The molecule has 6 nitrogen and oxygen atoms in total. The maximum absolute atomic E-state index is 12.2. The Morgan fingerprint density at radius 1 is 1.20 bits per heavy atom. The average molecular weight is 369 g/mol. The monoisotopic (exact) mass is 368 g/mol. The van der Waals surface area contributed by atoms with Crippen LogP contribution in [-0.4, -0.2) is 56.0 Å². The maximum Gasteiger partial charge on any atom is 0.222 e. The van der Waals surface area contributed by atoms with Gasteiger partial charge in [0.15, 0.2) is 0 Å². The molecule has 140 valence electrons. The number of halogens is 1. The van der Waals surface area contributed by atoms with Crippen LogP contribution in [0, 0.1) is 0 Å². The fourth-order valence-electron chi connectivity index (χ4n) is 2.91. The highest BCUT2D eigenvalue weighted by Crippen LogP contribution is 2.16. The van der Waals surface area contributed by atoms with Gasteiger partial charge in [-0.2, -0.15) is 0 Å². The molecule has 1 heterocycles. The third kappa shape index (κ3) is 8.34. The van der Waals surface area contributed by atoms with E-state index in [-0.39, 0.29) is 36.7 Å². The Balaban J connectivity index is 0.00000312. The normalized spacial score (nSPS) is 15.7. The van der Waals surface area contributed by atoms with Gasteiger partial charge in [0, 0.05) is 39.6 Å². The van der Waals surface area contributed by atoms with Crippen molar-refractivity contribution in [2.24, 2.45) is 0 Å². The summed E-state index contributed by atoms with van der Waals surface area (Å²) in [5.74, 6) is -0.159. The number of carbonyl (C=O) groups excluding carboxylic acids is 2. The highest BCUT2D eigenvalue weighted by Gasteiger charge is 2.16. The number of carbonyl (C=O) groups is 2. The Morgan fingerprint density at radius 2 is 1.88 bits per heavy atom. The van der Waals surface area contributed by atoms with Crippen molar-refractivity contribution in [3.05, 3.63) is 35.9 Å². The lowest BCUT2D eigenvalue weighted by Gasteiger charge is -2.27. The molecule has 1 unspecified atom stereocenters. The summed E-state index contributed by atoms with van der Waals surface area (Å²) in [5.41, 5.74) is 0.948. The van der Waals surface area contributed by atoms with Crippen LogP contribution in [0.4, 0.5) is 0 Å². The van der Waals surface area contributed by atoms with Gasteiger partial charge in [-0.05, 0) is 18.5 Å². The molecule has 2 rings (SSSR count). The quantitative estimate of drug-likeness (QED) is 0.600. The summed E-state index contributed by atoms with van der Waals surface area (Å²) < 4.78 is 0. The molecule has 0 aliphatic carbocycles. The van der Waals surface area contributed by atoms with Crippen molar-refractivity contribution >= 4 is 24.2 Å². The molecule has 0 aromatic heterocycles. The van der Waals surface area contributed by atoms with Gasteiger partial charge < -0.3 is 20.9 Å². The van der Waals surface area contributed by atoms with Crippen LogP contribution in [0.1, 0.15) is 31.4 Å². The molecule has 3 N–H and O–H groups in total. The fourth-order valence-corrected chi connectivity index (χ4v) is 2.91. The van der Waals surface area contributed by atoms with Crippen LogP contribution in [0.15, 0.2) is 30.3 Å². The molecule has 25 heavy (non-hydrogen) atoms. The fraction of sp³-hybridized carbons (Fsp3) is 0.556. The lowest BCUT2D eigenvalue weighted by atomic mass is 10.0. The molecule has 0 saturated carbocycles. The zero-order valence-electron chi connectivity index (χ0n) is 14.8. The van der Waals surface area contributed by atoms with Crippen LogP contribution >= 0.6 is 12.4 Å². The maximum atomic E-state index is 12.2. The highest BCUT2D eigenvalue weighted by molar-refractivity contribution is 5.85. The molecule has 0 spiro atoms. The summed E-state index contributed by atoms with van der Waals surface area (Å²) in [6.07, 6.45) is 1.21. The predicted octanol–water partition coefficient (Wildman–Crippen LogP) is 1.09. The molecule has 7 heteroatoms. The summed E-state index contributed by atoms with van der Waals surface area (Å²) in [6.45, 7) is 7.39. The van der Waals surface area contributed by atoms with E-state index in [0.717, 1.165) is 44.7 Å². The number of benzene rings is 1. The number of hydrogen-bond donors (Lipinski definition) is 3. The van der Waals surface area contributed by atoms with E-state index in [4.69, 9.17) is 0 Å².